The van der Waals surface area contributed by atoms with E-state index in [0.29, 0.717) is 12.1 Å². The van der Waals surface area contributed by atoms with Crippen molar-refractivity contribution in [3.63, 3.8) is 0 Å². The molecule has 0 unspecified atom stereocenters. The molecule has 0 atom stereocenters. The standard InChI is InChI=1S/C26H30N8/c27-12-18-1-5-22(6-2-18)34-15-19(16-34)14-33-9-7-21(8-10-33)32-26-23-11-25(31-20-3-4-20)28-13-24(23)29-17-30-26/h1-2,5-6,11,13,17,19-21H,3-4,7-10,14-16H2,(H,28,31)(H,29,30,32). The highest BCUT2D eigenvalue weighted by molar-refractivity contribution is 5.90. The summed E-state index contributed by atoms with van der Waals surface area (Å²) in [6, 6.07) is 13.2. The molecule has 3 aliphatic rings. The van der Waals surface area contributed by atoms with Crippen molar-refractivity contribution in [3.8, 4) is 6.07 Å². The molecule has 8 nitrogen and oxygen atoms in total. The molecule has 0 radical (unpaired) electrons. The Hall–Kier alpha value is -3.44. The summed E-state index contributed by atoms with van der Waals surface area (Å²) in [6.45, 7) is 5.59. The molecule has 3 fully saturated rings. The van der Waals surface area contributed by atoms with Crippen molar-refractivity contribution in [2.24, 2.45) is 5.92 Å². The highest BCUT2D eigenvalue weighted by atomic mass is 15.2. The first-order chi connectivity index (χ1) is 16.7. The van der Waals surface area contributed by atoms with Crippen molar-refractivity contribution in [2.75, 3.05) is 48.3 Å². The largest absolute Gasteiger partial charge is 0.371 e. The van der Waals surface area contributed by atoms with Gasteiger partial charge in [-0.1, -0.05) is 0 Å². The molecule has 0 amide bonds. The van der Waals surface area contributed by atoms with Crippen LogP contribution in [0.1, 0.15) is 31.2 Å². The van der Waals surface area contributed by atoms with Gasteiger partial charge in [0.15, 0.2) is 0 Å². The van der Waals surface area contributed by atoms with Crippen molar-refractivity contribution in [2.45, 2.75) is 37.8 Å². The number of benzene rings is 1. The van der Waals surface area contributed by atoms with Gasteiger partial charge in [0, 0.05) is 61.8 Å². The highest BCUT2D eigenvalue weighted by Gasteiger charge is 2.30. The summed E-state index contributed by atoms with van der Waals surface area (Å²) >= 11 is 0. The smallest absolute Gasteiger partial charge is 0.137 e. The van der Waals surface area contributed by atoms with Crippen LogP contribution >= 0.6 is 0 Å². The lowest BCUT2D eigenvalue weighted by Crippen LogP contribution is -2.53. The predicted molar refractivity (Wildman–Crippen MR) is 134 cm³/mol. The molecule has 1 aromatic carbocycles. The molecule has 1 aliphatic carbocycles. The van der Waals surface area contributed by atoms with Crippen LogP contribution < -0.4 is 15.5 Å². The maximum atomic E-state index is 8.97. The number of nitrogens with zero attached hydrogens (tertiary/aromatic N) is 6. The monoisotopic (exact) mass is 454 g/mol. The van der Waals surface area contributed by atoms with E-state index < -0.39 is 0 Å². The van der Waals surface area contributed by atoms with Gasteiger partial charge in [0.05, 0.1) is 23.3 Å². The molecular weight excluding hydrogens is 424 g/mol. The van der Waals surface area contributed by atoms with Crippen LogP contribution in [0.25, 0.3) is 10.9 Å². The summed E-state index contributed by atoms with van der Waals surface area (Å²) in [5.74, 6) is 2.55. The average molecular weight is 455 g/mol. The molecule has 34 heavy (non-hydrogen) atoms. The molecular formula is C26H30N8. The van der Waals surface area contributed by atoms with E-state index in [0.717, 1.165) is 79.6 Å². The Morgan fingerprint density at radius 3 is 2.44 bits per heavy atom. The van der Waals surface area contributed by atoms with E-state index in [1.807, 2.05) is 18.3 Å². The molecule has 0 spiro atoms. The van der Waals surface area contributed by atoms with Crippen LogP contribution in [0.5, 0.6) is 0 Å². The fourth-order valence-corrected chi connectivity index (χ4v) is 5.05. The third-order valence-electron chi connectivity index (χ3n) is 7.21. The van der Waals surface area contributed by atoms with Crippen LogP contribution in [0.15, 0.2) is 42.9 Å². The predicted octanol–water partition coefficient (Wildman–Crippen LogP) is 3.48. The lowest BCUT2D eigenvalue weighted by Gasteiger charge is -2.44. The van der Waals surface area contributed by atoms with Crippen molar-refractivity contribution < 1.29 is 0 Å². The minimum absolute atomic E-state index is 0.430. The number of pyridine rings is 1. The SMILES string of the molecule is N#Cc1ccc(N2CC(CN3CCC(Nc4ncnc5cnc(NC6CC6)cc45)CC3)C2)cc1. The number of nitriles is 1. The first-order valence-corrected chi connectivity index (χ1v) is 12.3. The molecule has 0 bridgehead atoms. The number of hydrogen-bond acceptors (Lipinski definition) is 8. The van der Waals surface area contributed by atoms with Crippen molar-refractivity contribution in [3.05, 3.63) is 48.4 Å². The van der Waals surface area contributed by atoms with Crippen molar-refractivity contribution in [1.29, 1.82) is 5.26 Å². The molecule has 3 aromatic rings. The molecule has 2 saturated heterocycles. The maximum absolute atomic E-state index is 8.97. The lowest BCUT2D eigenvalue weighted by molar-refractivity contribution is 0.174. The second kappa shape index (κ2) is 9.07. The zero-order valence-electron chi connectivity index (χ0n) is 19.3. The van der Waals surface area contributed by atoms with Gasteiger partial charge >= 0.3 is 0 Å². The van der Waals surface area contributed by atoms with Gasteiger partial charge in [-0.2, -0.15) is 5.26 Å². The van der Waals surface area contributed by atoms with E-state index in [2.05, 4.69) is 59.7 Å². The van der Waals surface area contributed by atoms with Crippen LogP contribution in [-0.2, 0) is 0 Å². The van der Waals surface area contributed by atoms with Crippen LogP contribution in [-0.4, -0.2) is 64.7 Å². The van der Waals surface area contributed by atoms with Gasteiger partial charge in [0.25, 0.3) is 0 Å². The van der Waals surface area contributed by atoms with E-state index in [1.165, 1.54) is 18.5 Å². The number of rotatable bonds is 7. The summed E-state index contributed by atoms with van der Waals surface area (Å²) in [6.07, 6.45) is 8.17. The second-order valence-corrected chi connectivity index (χ2v) is 9.88. The molecule has 174 valence electrons. The third-order valence-corrected chi connectivity index (χ3v) is 7.21. The first kappa shape index (κ1) is 21.1. The third kappa shape index (κ3) is 4.62. The molecule has 2 aliphatic heterocycles. The van der Waals surface area contributed by atoms with Crippen LogP contribution in [0.3, 0.4) is 0 Å². The number of nitrogens with one attached hydrogen (secondary N) is 2. The van der Waals surface area contributed by atoms with E-state index >= 15 is 0 Å². The number of piperidine rings is 1. The Bertz CT molecular complexity index is 1190. The van der Waals surface area contributed by atoms with Gasteiger partial charge in [-0.3, -0.25) is 0 Å². The van der Waals surface area contributed by atoms with E-state index in [4.69, 9.17) is 5.26 Å². The van der Waals surface area contributed by atoms with Crippen molar-refractivity contribution in [1.82, 2.24) is 19.9 Å². The van der Waals surface area contributed by atoms with Gasteiger partial charge in [0.1, 0.15) is 18.0 Å². The van der Waals surface area contributed by atoms with Gasteiger partial charge < -0.3 is 20.4 Å². The van der Waals surface area contributed by atoms with Crippen LogP contribution in [0.4, 0.5) is 17.3 Å². The normalized spacial score (nSPS) is 19.6. The van der Waals surface area contributed by atoms with Gasteiger partial charge in [0.2, 0.25) is 0 Å². The first-order valence-electron chi connectivity index (χ1n) is 12.3. The van der Waals surface area contributed by atoms with Gasteiger partial charge in [-0.05, 0) is 56.0 Å². The molecule has 1 saturated carbocycles. The Morgan fingerprint density at radius 2 is 1.71 bits per heavy atom. The summed E-state index contributed by atoms with van der Waals surface area (Å²) < 4.78 is 0. The molecule has 8 heteroatoms. The molecule has 2 aromatic heterocycles. The average Bonchev–Trinajstić information content (AvgIpc) is 3.67. The molecule has 4 heterocycles. The number of hydrogen-bond donors (Lipinski definition) is 2. The molecule has 6 rings (SSSR count). The van der Waals surface area contributed by atoms with E-state index in [1.54, 1.807) is 6.33 Å². The Balaban J connectivity index is 0.999. The van der Waals surface area contributed by atoms with E-state index in [9.17, 15) is 0 Å². The highest BCUT2D eigenvalue weighted by Crippen LogP contribution is 2.29. The Morgan fingerprint density at radius 1 is 0.941 bits per heavy atom. The number of fused-ring (bicyclic) bond motifs is 1. The number of aromatic nitrogens is 3. The zero-order chi connectivity index (χ0) is 22.9. The fourth-order valence-electron chi connectivity index (χ4n) is 5.05. The number of likely N-dealkylation sites (tertiary alicyclic amines) is 1. The van der Waals surface area contributed by atoms with Gasteiger partial charge in [-0.15, -0.1) is 0 Å². The second-order valence-electron chi connectivity index (χ2n) is 9.88. The quantitative estimate of drug-likeness (QED) is 0.561. The molecule has 2 N–H and O–H groups in total. The minimum atomic E-state index is 0.430. The number of anilines is 3. The summed E-state index contributed by atoms with van der Waals surface area (Å²) in [5, 5.41) is 17.2. The zero-order valence-corrected chi connectivity index (χ0v) is 19.3. The summed E-state index contributed by atoms with van der Waals surface area (Å²) in [4.78, 5) is 18.5. The summed E-state index contributed by atoms with van der Waals surface area (Å²) in [5.41, 5.74) is 2.83. The van der Waals surface area contributed by atoms with E-state index in [-0.39, 0.29) is 0 Å². The summed E-state index contributed by atoms with van der Waals surface area (Å²) in [7, 11) is 0. The maximum Gasteiger partial charge on any atom is 0.137 e. The topological polar surface area (TPSA) is 93.0 Å². The lowest BCUT2D eigenvalue weighted by atomic mass is 9.96. The Kier molecular flexibility index (Phi) is 5.63. The van der Waals surface area contributed by atoms with Gasteiger partial charge in [-0.25, -0.2) is 15.0 Å². The Labute approximate surface area is 200 Å². The van der Waals surface area contributed by atoms with Crippen LogP contribution in [0.2, 0.25) is 0 Å². The van der Waals surface area contributed by atoms with Crippen molar-refractivity contribution >= 4 is 28.2 Å². The van der Waals surface area contributed by atoms with Crippen LogP contribution in [0, 0.1) is 17.2 Å². The fraction of sp³-hybridized carbons (Fsp3) is 0.462. The minimum Gasteiger partial charge on any atom is -0.371 e.